The van der Waals surface area contributed by atoms with E-state index in [0.717, 1.165) is 10.9 Å². The monoisotopic (exact) mass is 286 g/mol. The first-order valence-corrected chi connectivity index (χ1v) is 8.32. The van der Waals surface area contributed by atoms with Crippen LogP contribution in [0.25, 0.3) is 0 Å². The Morgan fingerprint density at radius 1 is 1.61 bits per heavy atom. The molecule has 100 valence electrons. The molecule has 0 aliphatic heterocycles. The maximum Gasteiger partial charge on any atom is 0.313 e. The molecule has 18 heavy (non-hydrogen) atoms. The second-order valence-corrected chi connectivity index (χ2v) is 6.55. The molecule has 2 unspecified atom stereocenters. The van der Waals surface area contributed by atoms with Gasteiger partial charge in [-0.1, -0.05) is 18.2 Å². The molecule has 0 spiro atoms. The van der Waals surface area contributed by atoms with Gasteiger partial charge in [0.25, 0.3) is 0 Å². The van der Waals surface area contributed by atoms with Crippen molar-refractivity contribution in [1.29, 1.82) is 0 Å². The number of nitrogens with zero attached hydrogens (tertiary/aromatic N) is 2. The molecule has 1 heterocycles. The summed E-state index contributed by atoms with van der Waals surface area (Å²) in [4.78, 5) is 15.1. The van der Waals surface area contributed by atoms with Crippen molar-refractivity contribution in [3.8, 4) is 0 Å². The summed E-state index contributed by atoms with van der Waals surface area (Å²) in [7, 11) is 0. The van der Waals surface area contributed by atoms with Crippen molar-refractivity contribution in [2.24, 2.45) is 0 Å². The van der Waals surface area contributed by atoms with E-state index in [2.05, 4.69) is 22.0 Å². The summed E-state index contributed by atoms with van der Waals surface area (Å²) >= 11 is 3.22. The van der Waals surface area contributed by atoms with Crippen molar-refractivity contribution in [1.82, 2.24) is 9.55 Å². The summed E-state index contributed by atoms with van der Waals surface area (Å²) in [6.07, 6.45) is 7.87. The first-order chi connectivity index (χ1) is 8.61. The molecule has 1 aliphatic carbocycles. The Morgan fingerprint density at radius 3 is 3.06 bits per heavy atom. The predicted octanol–water partition coefficient (Wildman–Crippen LogP) is 2.82. The molecule has 6 heteroatoms. The number of aryl methyl sites for hydroxylation is 1. The molecule has 1 aromatic heterocycles. The highest BCUT2D eigenvalue weighted by Gasteiger charge is 2.29. The Labute approximate surface area is 116 Å². The topological polar surface area (TPSA) is 55.1 Å². The lowest BCUT2D eigenvalue weighted by Gasteiger charge is -2.20. The quantitative estimate of drug-likeness (QED) is 0.844. The summed E-state index contributed by atoms with van der Waals surface area (Å²) in [5.74, 6) is -0.715. The van der Waals surface area contributed by atoms with E-state index in [4.69, 9.17) is 5.11 Å². The van der Waals surface area contributed by atoms with Crippen LogP contribution in [0.15, 0.2) is 11.4 Å². The van der Waals surface area contributed by atoms with E-state index < -0.39 is 5.97 Å². The fraction of sp³-hybridized carbons (Fsp3) is 0.667. The summed E-state index contributed by atoms with van der Waals surface area (Å²) in [6.45, 7) is 1.96. The summed E-state index contributed by atoms with van der Waals surface area (Å²) in [5.41, 5.74) is 0.967. The second kappa shape index (κ2) is 6.02. The molecule has 0 radical (unpaired) electrons. The van der Waals surface area contributed by atoms with Gasteiger partial charge in [-0.25, -0.2) is 4.98 Å². The first-order valence-electron chi connectivity index (χ1n) is 6.04. The Balaban J connectivity index is 2.18. The Kier molecular flexibility index (Phi) is 4.61. The largest absolute Gasteiger partial charge is 0.481 e. The number of hydrogen-bond donors (Lipinski definition) is 1. The van der Waals surface area contributed by atoms with Gasteiger partial charge >= 0.3 is 5.97 Å². The van der Waals surface area contributed by atoms with E-state index >= 15 is 0 Å². The van der Waals surface area contributed by atoms with Crippen LogP contribution in [0.4, 0.5) is 0 Å². The van der Waals surface area contributed by atoms with Gasteiger partial charge < -0.3 is 9.67 Å². The molecular formula is C12H18N2O2S2. The number of aliphatic carboxylic acids is 1. The number of thioether (sulfide) groups is 2. The van der Waals surface area contributed by atoms with Gasteiger partial charge in [0.1, 0.15) is 0 Å². The standard InChI is InChI=1S/C12H18N2O2S2/c1-8-6-14(9-4-3-5-10(9)17-2)12(13-8)18-7-11(15)16/h6,9-10H,3-5,7H2,1-2H3,(H,15,16). The molecule has 1 aromatic rings. The third-order valence-electron chi connectivity index (χ3n) is 3.22. The Morgan fingerprint density at radius 2 is 2.39 bits per heavy atom. The molecule has 1 saturated carbocycles. The molecule has 1 aliphatic rings. The highest BCUT2D eigenvalue weighted by Crippen LogP contribution is 2.39. The second-order valence-electron chi connectivity index (χ2n) is 4.53. The summed E-state index contributed by atoms with van der Waals surface area (Å²) in [5, 5.41) is 10.2. The molecule has 2 atom stereocenters. The van der Waals surface area contributed by atoms with Crippen molar-refractivity contribution in [2.75, 3.05) is 12.0 Å². The van der Waals surface area contributed by atoms with Crippen molar-refractivity contribution in [2.45, 2.75) is 42.6 Å². The zero-order chi connectivity index (χ0) is 13.1. The number of carboxylic acid groups (broad SMARTS) is 1. The van der Waals surface area contributed by atoms with Crippen LogP contribution in [-0.2, 0) is 4.79 Å². The number of carbonyl (C=O) groups is 1. The number of aromatic nitrogens is 2. The third kappa shape index (κ3) is 3.03. The van der Waals surface area contributed by atoms with Gasteiger partial charge in [-0.05, 0) is 26.0 Å². The molecular weight excluding hydrogens is 268 g/mol. The van der Waals surface area contributed by atoms with Crippen LogP contribution in [0.3, 0.4) is 0 Å². The summed E-state index contributed by atoms with van der Waals surface area (Å²) < 4.78 is 2.19. The fourth-order valence-electron chi connectivity index (χ4n) is 2.46. The number of rotatable bonds is 5. The minimum absolute atomic E-state index is 0.0765. The fourth-order valence-corrected chi connectivity index (χ4v) is 4.25. The molecule has 0 saturated heterocycles. The minimum atomic E-state index is -0.792. The van der Waals surface area contributed by atoms with Crippen molar-refractivity contribution >= 4 is 29.5 Å². The molecule has 1 N–H and O–H groups in total. The van der Waals surface area contributed by atoms with Gasteiger partial charge in [0.2, 0.25) is 0 Å². The van der Waals surface area contributed by atoms with Gasteiger partial charge in [-0.2, -0.15) is 11.8 Å². The molecule has 1 fully saturated rings. The smallest absolute Gasteiger partial charge is 0.313 e. The van der Waals surface area contributed by atoms with Crippen LogP contribution in [0.1, 0.15) is 31.0 Å². The van der Waals surface area contributed by atoms with Crippen LogP contribution < -0.4 is 0 Å². The van der Waals surface area contributed by atoms with E-state index in [1.54, 1.807) is 0 Å². The molecule has 4 nitrogen and oxygen atoms in total. The van der Waals surface area contributed by atoms with Crippen LogP contribution in [0, 0.1) is 6.92 Å². The van der Waals surface area contributed by atoms with E-state index in [0.29, 0.717) is 11.3 Å². The maximum atomic E-state index is 10.7. The van der Waals surface area contributed by atoms with E-state index in [1.807, 2.05) is 18.7 Å². The first kappa shape index (κ1) is 13.8. The lowest BCUT2D eigenvalue weighted by Crippen LogP contribution is -2.16. The maximum absolute atomic E-state index is 10.7. The molecule has 0 amide bonds. The SMILES string of the molecule is CSC1CCCC1n1cc(C)nc1SCC(=O)O. The average molecular weight is 286 g/mol. The predicted molar refractivity (Wildman–Crippen MR) is 75.5 cm³/mol. The third-order valence-corrected chi connectivity index (χ3v) is 5.33. The van der Waals surface area contributed by atoms with Gasteiger partial charge in [0, 0.05) is 17.5 Å². The van der Waals surface area contributed by atoms with Crippen LogP contribution in [-0.4, -0.2) is 37.9 Å². The van der Waals surface area contributed by atoms with E-state index in [1.165, 1.54) is 31.0 Å². The lowest BCUT2D eigenvalue weighted by atomic mass is 10.2. The Bertz CT molecular complexity index is 434. The van der Waals surface area contributed by atoms with E-state index in [9.17, 15) is 4.79 Å². The minimum Gasteiger partial charge on any atom is -0.481 e. The number of imidazole rings is 1. The van der Waals surface area contributed by atoms with Crippen LogP contribution >= 0.6 is 23.5 Å². The highest BCUT2D eigenvalue weighted by atomic mass is 32.2. The van der Waals surface area contributed by atoms with Gasteiger partial charge in [0.15, 0.2) is 5.16 Å². The van der Waals surface area contributed by atoms with Crippen LogP contribution in [0.2, 0.25) is 0 Å². The normalized spacial score (nSPS) is 23.4. The highest BCUT2D eigenvalue weighted by molar-refractivity contribution is 7.99. The molecule has 0 bridgehead atoms. The van der Waals surface area contributed by atoms with Crippen LogP contribution in [0.5, 0.6) is 0 Å². The van der Waals surface area contributed by atoms with Crippen molar-refractivity contribution in [3.63, 3.8) is 0 Å². The van der Waals surface area contributed by atoms with Crippen molar-refractivity contribution < 1.29 is 9.90 Å². The molecule has 2 rings (SSSR count). The average Bonchev–Trinajstić information content (AvgIpc) is 2.91. The number of hydrogen-bond acceptors (Lipinski definition) is 4. The van der Waals surface area contributed by atoms with Gasteiger partial charge in [-0.3, -0.25) is 4.79 Å². The zero-order valence-electron chi connectivity index (χ0n) is 10.6. The zero-order valence-corrected chi connectivity index (χ0v) is 12.3. The van der Waals surface area contributed by atoms with E-state index in [-0.39, 0.29) is 5.75 Å². The molecule has 0 aromatic carbocycles. The van der Waals surface area contributed by atoms with Gasteiger partial charge in [0.05, 0.1) is 11.4 Å². The summed E-state index contributed by atoms with van der Waals surface area (Å²) in [6, 6.07) is 0.470. The lowest BCUT2D eigenvalue weighted by molar-refractivity contribution is -0.133. The van der Waals surface area contributed by atoms with Crippen molar-refractivity contribution in [3.05, 3.63) is 11.9 Å². The number of carboxylic acids is 1. The Hall–Kier alpha value is -0.620. The van der Waals surface area contributed by atoms with Gasteiger partial charge in [-0.15, -0.1) is 0 Å².